The third-order valence-electron chi connectivity index (χ3n) is 4.16. The number of benzene rings is 1. The first-order valence-corrected chi connectivity index (χ1v) is 8.21. The van der Waals surface area contributed by atoms with Gasteiger partial charge in [0, 0.05) is 19.6 Å². The molecule has 3 heteroatoms. The van der Waals surface area contributed by atoms with E-state index in [1.807, 2.05) is 0 Å². The minimum atomic E-state index is 0. The Morgan fingerprint density at radius 1 is 1.14 bits per heavy atom. The van der Waals surface area contributed by atoms with E-state index in [9.17, 15) is 0 Å². The van der Waals surface area contributed by atoms with E-state index in [4.69, 9.17) is 0 Å². The lowest BCUT2D eigenvalue weighted by molar-refractivity contribution is 0.189. The van der Waals surface area contributed by atoms with Crippen LogP contribution in [0.4, 0.5) is 0 Å². The summed E-state index contributed by atoms with van der Waals surface area (Å²) in [4.78, 5) is 2.69. The molecular weight excluding hydrogens is 280 g/mol. The SMILES string of the molecule is CC(C)CN(CCc1ccccc1)CC1CCNCC1.Cl. The van der Waals surface area contributed by atoms with Gasteiger partial charge in [-0.15, -0.1) is 12.4 Å². The van der Waals surface area contributed by atoms with Crippen LogP contribution in [-0.4, -0.2) is 37.6 Å². The van der Waals surface area contributed by atoms with E-state index in [0.29, 0.717) is 0 Å². The second-order valence-electron chi connectivity index (χ2n) is 6.58. The predicted octanol–water partition coefficient (Wildman–Crippen LogP) is 3.61. The zero-order chi connectivity index (χ0) is 14.2. The first kappa shape index (κ1) is 18.5. The van der Waals surface area contributed by atoms with Crippen LogP contribution in [0.5, 0.6) is 0 Å². The molecule has 1 heterocycles. The molecule has 0 aromatic heterocycles. The number of piperidine rings is 1. The molecule has 21 heavy (non-hydrogen) atoms. The Labute approximate surface area is 136 Å². The Bertz CT molecular complexity index is 361. The Hall–Kier alpha value is -0.570. The van der Waals surface area contributed by atoms with Gasteiger partial charge in [0.25, 0.3) is 0 Å². The highest BCUT2D eigenvalue weighted by Crippen LogP contribution is 2.15. The van der Waals surface area contributed by atoms with Gasteiger partial charge in [0.15, 0.2) is 0 Å². The summed E-state index contributed by atoms with van der Waals surface area (Å²) in [5.41, 5.74) is 1.46. The molecule has 1 aliphatic rings. The predicted molar refractivity (Wildman–Crippen MR) is 94.3 cm³/mol. The van der Waals surface area contributed by atoms with Crippen molar-refractivity contribution in [3.63, 3.8) is 0 Å². The topological polar surface area (TPSA) is 15.3 Å². The lowest BCUT2D eigenvalue weighted by Gasteiger charge is -2.31. The van der Waals surface area contributed by atoms with Crippen LogP contribution in [0.15, 0.2) is 30.3 Å². The summed E-state index contributed by atoms with van der Waals surface area (Å²) in [5.74, 6) is 1.65. The quantitative estimate of drug-likeness (QED) is 0.827. The summed E-state index contributed by atoms with van der Waals surface area (Å²) >= 11 is 0. The zero-order valence-electron chi connectivity index (χ0n) is 13.6. The summed E-state index contributed by atoms with van der Waals surface area (Å²) < 4.78 is 0. The Kier molecular flexibility index (Phi) is 8.98. The fraction of sp³-hybridized carbons (Fsp3) is 0.667. The maximum absolute atomic E-state index is 3.47. The molecule has 2 nitrogen and oxygen atoms in total. The lowest BCUT2D eigenvalue weighted by atomic mass is 9.97. The van der Waals surface area contributed by atoms with Crippen LogP contribution in [-0.2, 0) is 6.42 Å². The minimum absolute atomic E-state index is 0. The normalized spacial score (nSPS) is 16.2. The summed E-state index contributed by atoms with van der Waals surface area (Å²) in [7, 11) is 0. The third-order valence-corrected chi connectivity index (χ3v) is 4.16. The molecule has 120 valence electrons. The standard InChI is InChI=1S/C18H30N2.ClH/c1-16(2)14-20(15-18-8-11-19-12-9-18)13-10-17-6-4-3-5-7-17;/h3-7,16,18-19H,8-15H2,1-2H3;1H. The van der Waals surface area contributed by atoms with Crippen LogP contribution in [0.25, 0.3) is 0 Å². The maximum Gasteiger partial charge on any atom is 0.00220 e. The van der Waals surface area contributed by atoms with E-state index >= 15 is 0 Å². The van der Waals surface area contributed by atoms with Crippen LogP contribution in [0.1, 0.15) is 32.3 Å². The Balaban J connectivity index is 0.00000220. The van der Waals surface area contributed by atoms with Gasteiger partial charge < -0.3 is 10.2 Å². The van der Waals surface area contributed by atoms with Crippen LogP contribution < -0.4 is 5.32 Å². The number of nitrogens with one attached hydrogen (secondary N) is 1. The van der Waals surface area contributed by atoms with Crippen molar-refractivity contribution in [2.75, 3.05) is 32.7 Å². The van der Waals surface area contributed by atoms with Gasteiger partial charge in [-0.1, -0.05) is 44.2 Å². The van der Waals surface area contributed by atoms with Gasteiger partial charge in [0.2, 0.25) is 0 Å². The number of nitrogens with zero attached hydrogens (tertiary/aromatic N) is 1. The van der Waals surface area contributed by atoms with Crippen LogP contribution >= 0.6 is 12.4 Å². The average molecular weight is 311 g/mol. The van der Waals surface area contributed by atoms with Crippen molar-refractivity contribution in [3.05, 3.63) is 35.9 Å². The van der Waals surface area contributed by atoms with Gasteiger partial charge in [-0.2, -0.15) is 0 Å². The van der Waals surface area contributed by atoms with Crippen LogP contribution in [0.2, 0.25) is 0 Å². The lowest BCUT2D eigenvalue weighted by Crippen LogP contribution is -2.38. The summed E-state index contributed by atoms with van der Waals surface area (Å²) in [5, 5.41) is 3.47. The molecule has 0 amide bonds. The molecule has 0 aliphatic carbocycles. The van der Waals surface area contributed by atoms with Gasteiger partial charge in [-0.05, 0) is 49.8 Å². The smallest absolute Gasteiger partial charge is 0.00220 e. The monoisotopic (exact) mass is 310 g/mol. The molecule has 0 spiro atoms. The van der Waals surface area contributed by atoms with Gasteiger partial charge in [0.1, 0.15) is 0 Å². The number of rotatable bonds is 7. The largest absolute Gasteiger partial charge is 0.317 e. The van der Waals surface area contributed by atoms with Gasteiger partial charge in [0.05, 0.1) is 0 Å². The fourth-order valence-corrected chi connectivity index (χ4v) is 3.13. The van der Waals surface area contributed by atoms with Crippen molar-refractivity contribution in [1.29, 1.82) is 0 Å². The second-order valence-corrected chi connectivity index (χ2v) is 6.58. The molecule has 1 fully saturated rings. The molecule has 2 rings (SSSR count). The molecule has 1 aromatic carbocycles. The molecule has 0 bridgehead atoms. The molecule has 1 saturated heterocycles. The van der Waals surface area contributed by atoms with Crippen molar-refractivity contribution in [2.24, 2.45) is 11.8 Å². The Morgan fingerprint density at radius 2 is 1.81 bits per heavy atom. The van der Waals surface area contributed by atoms with Gasteiger partial charge >= 0.3 is 0 Å². The first-order valence-electron chi connectivity index (χ1n) is 8.21. The second kappa shape index (κ2) is 10.2. The van der Waals surface area contributed by atoms with E-state index in [-0.39, 0.29) is 12.4 Å². The van der Waals surface area contributed by atoms with Gasteiger partial charge in [-0.3, -0.25) is 0 Å². The number of hydrogen-bond donors (Lipinski definition) is 1. The highest BCUT2D eigenvalue weighted by atomic mass is 35.5. The molecule has 0 unspecified atom stereocenters. The molecule has 1 aromatic rings. The van der Waals surface area contributed by atoms with Crippen molar-refractivity contribution in [1.82, 2.24) is 10.2 Å². The summed E-state index contributed by atoms with van der Waals surface area (Å²) in [6.45, 7) is 10.8. The minimum Gasteiger partial charge on any atom is -0.317 e. The molecular formula is C18H31ClN2. The molecule has 0 saturated carbocycles. The summed E-state index contributed by atoms with van der Waals surface area (Å²) in [6.07, 6.45) is 3.87. The van der Waals surface area contributed by atoms with Crippen LogP contribution in [0, 0.1) is 11.8 Å². The van der Waals surface area contributed by atoms with E-state index in [1.165, 1.54) is 57.5 Å². The third kappa shape index (κ3) is 7.30. The van der Waals surface area contributed by atoms with Gasteiger partial charge in [-0.25, -0.2) is 0 Å². The summed E-state index contributed by atoms with van der Waals surface area (Å²) in [6, 6.07) is 10.9. The fourth-order valence-electron chi connectivity index (χ4n) is 3.13. The van der Waals surface area contributed by atoms with E-state index in [0.717, 1.165) is 11.8 Å². The molecule has 1 N–H and O–H groups in total. The highest BCUT2D eigenvalue weighted by molar-refractivity contribution is 5.85. The zero-order valence-corrected chi connectivity index (χ0v) is 14.4. The average Bonchev–Trinajstić information content (AvgIpc) is 2.46. The van der Waals surface area contributed by atoms with Crippen molar-refractivity contribution >= 4 is 12.4 Å². The molecule has 0 radical (unpaired) electrons. The van der Waals surface area contributed by atoms with Crippen molar-refractivity contribution in [3.8, 4) is 0 Å². The number of hydrogen-bond acceptors (Lipinski definition) is 2. The number of halogens is 1. The van der Waals surface area contributed by atoms with Crippen LogP contribution in [0.3, 0.4) is 0 Å². The van der Waals surface area contributed by atoms with E-state index in [2.05, 4.69) is 54.4 Å². The first-order chi connectivity index (χ1) is 9.74. The van der Waals surface area contributed by atoms with E-state index < -0.39 is 0 Å². The molecule has 0 atom stereocenters. The molecule has 1 aliphatic heterocycles. The van der Waals surface area contributed by atoms with Crippen molar-refractivity contribution < 1.29 is 0 Å². The maximum atomic E-state index is 3.47. The Morgan fingerprint density at radius 3 is 2.43 bits per heavy atom. The highest BCUT2D eigenvalue weighted by Gasteiger charge is 2.17. The van der Waals surface area contributed by atoms with Crippen molar-refractivity contribution in [2.45, 2.75) is 33.1 Å². The van der Waals surface area contributed by atoms with E-state index in [1.54, 1.807) is 0 Å².